The van der Waals surface area contributed by atoms with Gasteiger partial charge in [-0.2, -0.15) is 4.98 Å². The second-order valence-electron chi connectivity index (χ2n) is 7.13. The largest absolute Gasteiger partial charge is 0.399 e. The molecule has 0 aliphatic carbocycles. The van der Waals surface area contributed by atoms with E-state index in [1.807, 2.05) is 43.3 Å². The number of aliphatic imine (C=N–C) groups is 1. The van der Waals surface area contributed by atoms with Gasteiger partial charge in [0.1, 0.15) is 0 Å². The number of nitrogen functional groups attached to an aromatic ring is 1. The van der Waals surface area contributed by atoms with Gasteiger partial charge in [0.25, 0.3) is 0 Å². The molecule has 0 aliphatic heterocycles. The van der Waals surface area contributed by atoms with Crippen molar-refractivity contribution in [3.05, 3.63) is 86.2 Å². The van der Waals surface area contributed by atoms with Crippen LogP contribution in [0.4, 0.5) is 11.6 Å². The molecular weight excluding hydrogens is 396 g/mol. The molecule has 3 aromatic rings. The van der Waals surface area contributed by atoms with Crippen molar-refractivity contribution in [1.82, 2.24) is 14.1 Å². The monoisotopic (exact) mass is 422 g/mol. The van der Waals surface area contributed by atoms with Gasteiger partial charge in [-0.3, -0.25) is 9.56 Å². The van der Waals surface area contributed by atoms with Crippen LogP contribution in [0.15, 0.2) is 63.1 Å². The minimum atomic E-state index is -0.636. The lowest BCUT2D eigenvalue weighted by Crippen LogP contribution is -2.43. The molecule has 0 saturated carbocycles. The summed E-state index contributed by atoms with van der Waals surface area (Å²) < 4.78 is 2.53. The van der Waals surface area contributed by atoms with Crippen LogP contribution in [0.25, 0.3) is 0 Å². The van der Waals surface area contributed by atoms with E-state index in [-0.39, 0.29) is 31.5 Å². The Bertz CT molecular complexity index is 1170. The van der Waals surface area contributed by atoms with Crippen LogP contribution in [-0.4, -0.2) is 33.2 Å². The molecule has 0 spiro atoms. The number of guanidine groups is 1. The molecule has 2 aromatic carbocycles. The first-order chi connectivity index (χ1) is 14.8. The van der Waals surface area contributed by atoms with Crippen LogP contribution in [0.1, 0.15) is 16.7 Å². The van der Waals surface area contributed by atoms with Gasteiger partial charge in [0.2, 0.25) is 5.95 Å². The van der Waals surface area contributed by atoms with Gasteiger partial charge in [-0.1, -0.05) is 42.0 Å². The first-order valence-electron chi connectivity index (χ1n) is 9.74. The topological polar surface area (TPSA) is 159 Å². The Morgan fingerprint density at radius 2 is 1.55 bits per heavy atom. The van der Waals surface area contributed by atoms with Crippen LogP contribution in [0.5, 0.6) is 0 Å². The normalized spacial score (nSPS) is 10.6. The van der Waals surface area contributed by atoms with Crippen LogP contribution in [0.3, 0.4) is 0 Å². The van der Waals surface area contributed by atoms with Crippen molar-refractivity contribution >= 4 is 17.6 Å². The summed E-state index contributed by atoms with van der Waals surface area (Å²) in [5.41, 5.74) is 18.7. The van der Waals surface area contributed by atoms with Gasteiger partial charge in [0.05, 0.1) is 19.6 Å². The van der Waals surface area contributed by atoms with E-state index in [0.29, 0.717) is 12.2 Å². The second kappa shape index (κ2) is 9.61. The summed E-state index contributed by atoms with van der Waals surface area (Å²) in [5, 5.41) is 2.98. The zero-order valence-electron chi connectivity index (χ0n) is 17.3. The lowest BCUT2D eigenvalue weighted by molar-refractivity contribution is 0.586. The molecule has 10 nitrogen and oxygen atoms in total. The number of rotatable bonds is 8. The summed E-state index contributed by atoms with van der Waals surface area (Å²) in [4.78, 5) is 33.9. The molecule has 1 aromatic heterocycles. The van der Waals surface area contributed by atoms with Crippen molar-refractivity contribution < 1.29 is 0 Å². The summed E-state index contributed by atoms with van der Waals surface area (Å²) in [5.74, 6) is 0.111. The van der Waals surface area contributed by atoms with Crippen molar-refractivity contribution in [2.24, 2.45) is 16.5 Å². The Morgan fingerprint density at radius 1 is 0.968 bits per heavy atom. The molecule has 1 heterocycles. The van der Waals surface area contributed by atoms with Crippen LogP contribution in [-0.2, 0) is 13.1 Å². The molecule has 0 unspecified atom stereocenters. The van der Waals surface area contributed by atoms with Gasteiger partial charge < -0.3 is 22.5 Å². The Balaban J connectivity index is 1.98. The number of nitrogens with two attached hydrogens (primary N) is 3. The number of aromatic nitrogens is 3. The molecule has 3 rings (SSSR count). The smallest absolute Gasteiger partial charge is 0.355 e. The molecular formula is C21H26N8O2. The third kappa shape index (κ3) is 5.72. The maximum absolute atomic E-state index is 13.2. The van der Waals surface area contributed by atoms with E-state index in [9.17, 15) is 9.59 Å². The minimum Gasteiger partial charge on any atom is -0.399 e. The van der Waals surface area contributed by atoms with Crippen LogP contribution in [0.2, 0.25) is 0 Å². The molecule has 0 bridgehead atoms. The van der Waals surface area contributed by atoms with Crippen molar-refractivity contribution in [3.8, 4) is 0 Å². The summed E-state index contributed by atoms with van der Waals surface area (Å²) in [6.07, 6.45) is 0. The number of hydrogen-bond donors (Lipinski definition) is 4. The highest BCUT2D eigenvalue weighted by Gasteiger charge is 2.14. The van der Waals surface area contributed by atoms with E-state index < -0.39 is 11.4 Å². The van der Waals surface area contributed by atoms with Crippen molar-refractivity contribution in [1.29, 1.82) is 0 Å². The number of hydrogen-bond acceptors (Lipinski definition) is 6. The standard InChI is InChI=1S/C21H26N8O2/c1-14-2-4-15(5-3-14)13-29-20(30)27-19(26-11-10-25-18(23)24)28(21(29)31)12-16-6-8-17(22)9-7-16/h2-9H,10-13,22H2,1H3,(H4,23,24,25)(H,26,27,30). The SMILES string of the molecule is Cc1ccc(Cn2c(=O)nc(NCCN=C(N)N)n(Cc3ccc(N)cc3)c2=O)cc1. The summed E-state index contributed by atoms with van der Waals surface area (Å²) in [6, 6.07) is 14.8. The van der Waals surface area contributed by atoms with Crippen LogP contribution < -0.4 is 33.9 Å². The zero-order chi connectivity index (χ0) is 22.4. The van der Waals surface area contributed by atoms with Gasteiger partial charge in [0, 0.05) is 12.2 Å². The minimum absolute atomic E-state index is 0.0393. The van der Waals surface area contributed by atoms with E-state index >= 15 is 0 Å². The van der Waals surface area contributed by atoms with Gasteiger partial charge >= 0.3 is 11.4 Å². The third-order valence-corrected chi connectivity index (χ3v) is 4.62. The first kappa shape index (κ1) is 21.6. The Hall–Kier alpha value is -4.08. The zero-order valence-corrected chi connectivity index (χ0v) is 17.3. The summed E-state index contributed by atoms with van der Waals surface area (Å²) >= 11 is 0. The summed E-state index contributed by atoms with van der Waals surface area (Å²) in [7, 11) is 0. The average molecular weight is 422 g/mol. The average Bonchev–Trinajstić information content (AvgIpc) is 2.73. The van der Waals surface area contributed by atoms with Gasteiger partial charge in [-0.15, -0.1) is 0 Å². The van der Waals surface area contributed by atoms with Gasteiger partial charge in [0.15, 0.2) is 5.96 Å². The maximum Gasteiger partial charge on any atom is 0.355 e. The lowest BCUT2D eigenvalue weighted by Gasteiger charge is -2.15. The Labute approximate surface area is 179 Å². The highest BCUT2D eigenvalue weighted by Crippen LogP contribution is 2.09. The van der Waals surface area contributed by atoms with Crippen LogP contribution in [0, 0.1) is 6.92 Å². The van der Waals surface area contributed by atoms with Gasteiger partial charge in [-0.05, 0) is 30.2 Å². The fourth-order valence-electron chi connectivity index (χ4n) is 2.98. The Kier molecular flexibility index (Phi) is 6.71. The maximum atomic E-state index is 13.2. The molecule has 0 fully saturated rings. The van der Waals surface area contributed by atoms with Crippen molar-refractivity contribution in [3.63, 3.8) is 0 Å². The number of benzene rings is 2. The molecule has 162 valence electrons. The van der Waals surface area contributed by atoms with Crippen molar-refractivity contribution in [2.75, 3.05) is 24.1 Å². The van der Waals surface area contributed by atoms with E-state index in [4.69, 9.17) is 17.2 Å². The van der Waals surface area contributed by atoms with Crippen molar-refractivity contribution in [2.45, 2.75) is 20.0 Å². The van der Waals surface area contributed by atoms with E-state index in [1.54, 1.807) is 12.1 Å². The highest BCUT2D eigenvalue weighted by molar-refractivity contribution is 5.75. The van der Waals surface area contributed by atoms with Crippen LogP contribution >= 0.6 is 0 Å². The molecule has 0 aliphatic rings. The second-order valence-corrected chi connectivity index (χ2v) is 7.13. The van der Waals surface area contributed by atoms with Gasteiger partial charge in [-0.25, -0.2) is 14.2 Å². The van der Waals surface area contributed by atoms with E-state index in [2.05, 4.69) is 15.3 Å². The first-order valence-corrected chi connectivity index (χ1v) is 9.74. The predicted octanol–water partition coefficient (Wildman–Crippen LogP) is 0.0775. The molecule has 0 radical (unpaired) electrons. The quantitative estimate of drug-likeness (QED) is 0.173. The number of anilines is 2. The predicted molar refractivity (Wildman–Crippen MR) is 122 cm³/mol. The fraction of sp³-hybridized carbons (Fsp3) is 0.238. The molecule has 7 N–H and O–H groups in total. The van der Waals surface area contributed by atoms with E-state index in [1.165, 1.54) is 4.57 Å². The molecule has 0 saturated heterocycles. The molecule has 0 atom stereocenters. The lowest BCUT2D eigenvalue weighted by atomic mass is 10.1. The number of nitrogens with zero attached hydrogens (tertiary/aromatic N) is 4. The van der Waals surface area contributed by atoms with E-state index in [0.717, 1.165) is 21.3 Å². The molecule has 10 heteroatoms. The molecule has 0 amide bonds. The summed E-state index contributed by atoms with van der Waals surface area (Å²) in [6.45, 7) is 2.88. The highest BCUT2D eigenvalue weighted by atomic mass is 16.2. The number of nitrogens with one attached hydrogen (secondary N) is 1. The fourth-order valence-corrected chi connectivity index (χ4v) is 2.98. The number of aryl methyl sites for hydroxylation is 1. The third-order valence-electron chi connectivity index (χ3n) is 4.62. The Morgan fingerprint density at radius 3 is 2.16 bits per heavy atom. The molecule has 31 heavy (non-hydrogen) atoms.